The molecule has 1 rings (SSSR count). The molecule has 6 heteroatoms. The van der Waals surface area contributed by atoms with Crippen LogP contribution < -0.4 is 11.5 Å². The SMILES string of the molecule is CN(CCCCCCN)CCc1ccc(N)c(C(F)(F)F)c1. The maximum Gasteiger partial charge on any atom is 0.418 e. The number of likely N-dealkylation sites (N-methyl/N-ethyl adjacent to an activating group) is 1. The molecule has 0 aliphatic heterocycles. The Morgan fingerprint density at radius 2 is 1.73 bits per heavy atom. The molecule has 0 amide bonds. The predicted molar refractivity (Wildman–Crippen MR) is 84.6 cm³/mol. The van der Waals surface area contributed by atoms with Crippen molar-refractivity contribution >= 4 is 5.69 Å². The highest BCUT2D eigenvalue weighted by Crippen LogP contribution is 2.34. The van der Waals surface area contributed by atoms with E-state index in [0.717, 1.165) is 51.4 Å². The number of unbranched alkanes of at least 4 members (excludes halogenated alkanes) is 3. The minimum Gasteiger partial charge on any atom is -0.398 e. The van der Waals surface area contributed by atoms with Crippen molar-refractivity contribution in [2.45, 2.75) is 38.3 Å². The molecule has 1 aromatic carbocycles. The van der Waals surface area contributed by atoms with Crippen molar-refractivity contribution in [2.24, 2.45) is 5.73 Å². The molecular formula is C16H26F3N3. The summed E-state index contributed by atoms with van der Waals surface area (Å²) in [5.41, 5.74) is 10.5. The lowest BCUT2D eigenvalue weighted by Gasteiger charge is -2.17. The molecule has 1 aromatic rings. The molecule has 3 nitrogen and oxygen atoms in total. The molecule has 0 heterocycles. The van der Waals surface area contributed by atoms with Gasteiger partial charge in [0.05, 0.1) is 5.56 Å². The van der Waals surface area contributed by atoms with E-state index in [1.54, 1.807) is 6.07 Å². The Hall–Kier alpha value is -1.27. The summed E-state index contributed by atoms with van der Waals surface area (Å²) in [5, 5.41) is 0. The number of nitrogens with two attached hydrogens (primary N) is 2. The summed E-state index contributed by atoms with van der Waals surface area (Å²) in [6, 6.07) is 4.16. The number of nitrogen functional groups attached to an aromatic ring is 1. The molecule has 0 aliphatic rings. The maximum absolute atomic E-state index is 12.8. The quantitative estimate of drug-likeness (QED) is 0.543. The Bertz CT molecular complexity index is 447. The van der Waals surface area contributed by atoms with Crippen LogP contribution in [0.3, 0.4) is 0 Å². The third-order valence-electron chi connectivity index (χ3n) is 3.70. The average Bonchev–Trinajstić information content (AvgIpc) is 2.45. The van der Waals surface area contributed by atoms with E-state index in [1.807, 2.05) is 7.05 Å². The maximum atomic E-state index is 12.8. The summed E-state index contributed by atoms with van der Waals surface area (Å²) in [6.07, 6.45) is 0.609. The topological polar surface area (TPSA) is 55.3 Å². The monoisotopic (exact) mass is 317 g/mol. The van der Waals surface area contributed by atoms with Crippen LogP contribution >= 0.6 is 0 Å². The normalized spacial score (nSPS) is 12.1. The number of halogens is 3. The lowest BCUT2D eigenvalue weighted by atomic mass is 10.1. The van der Waals surface area contributed by atoms with Crippen LogP contribution in [0.1, 0.15) is 36.8 Å². The van der Waals surface area contributed by atoms with E-state index in [-0.39, 0.29) is 5.69 Å². The van der Waals surface area contributed by atoms with Gasteiger partial charge in [-0.25, -0.2) is 0 Å². The van der Waals surface area contributed by atoms with Crippen LogP contribution in [-0.4, -0.2) is 31.6 Å². The molecule has 0 saturated heterocycles. The van der Waals surface area contributed by atoms with Crippen LogP contribution in [0.15, 0.2) is 18.2 Å². The summed E-state index contributed by atoms with van der Waals surface area (Å²) < 4.78 is 38.4. The van der Waals surface area contributed by atoms with E-state index in [1.165, 1.54) is 6.07 Å². The predicted octanol–water partition coefficient (Wildman–Crippen LogP) is 3.28. The molecule has 0 atom stereocenters. The van der Waals surface area contributed by atoms with Gasteiger partial charge in [0.25, 0.3) is 0 Å². The molecule has 0 spiro atoms. The van der Waals surface area contributed by atoms with Gasteiger partial charge in [-0.1, -0.05) is 18.9 Å². The molecule has 4 N–H and O–H groups in total. The standard InChI is InChI=1S/C16H26F3N3/c1-22(10-5-3-2-4-9-20)11-8-13-6-7-15(21)14(12-13)16(17,18)19/h6-7,12H,2-5,8-11,20-21H2,1H3. The van der Waals surface area contributed by atoms with Crippen LogP contribution in [0.4, 0.5) is 18.9 Å². The van der Waals surface area contributed by atoms with E-state index in [2.05, 4.69) is 4.90 Å². The molecule has 0 aromatic heterocycles. The first kappa shape index (κ1) is 18.8. The third kappa shape index (κ3) is 6.66. The van der Waals surface area contributed by atoms with Gasteiger partial charge in [-0.05, 0) is 57.1 Å². The van der Waals surface area contributed by atoms with Crippen molar-refractivity contribution in [2.75, 3.05) is 32.4 Å². The molecule has 0 saturated carbocycles. The zero-order valence-corrected chi connectivity index (χ0v) is 13.1. The average molecular weight is 317 g/mol. The van der Waals surface area contributed by atoms with Gasteiger partial charge in [-0.15, -0.1) is 0 Å². The van der Waals surface area contributed by atoms with Crippen LogP contribution in [0, 0.1) is 0 Å². The molecule has 0 fully saturated rings. The van der Waals surface area contributed by atoms with Gasteiger partial charge in [0.1, 0.15) is 0 Å². The van der Waals surface area contributed by atoms with Crippen molar-refractivity contribution < 1.29 is 13.2 Å². The minimum atomic E-state index is -4.39. The van der Waals surface area contributed by atoms with Crippen LogP contribution in [-0.2, 0) is 12.6 Å². The number of rotatable bonds is 9. The van der Waals surface area contributed by atoms with Crippen molar-refractivity contribution in [3.8, 4) is 0 Å². The largest absolute Gasteiger partial charge is 0.418 e. The number of hydrogen-bond acceptors (Lipinski definition) is 3. The molecule has 0 unspecified atom stereocenters. The van der Waals surface area contributed by atoms with Crippen molar-refractivity contribution in [1.29, 1.82) is 0 Å². The Morgan fingerprint density at radius 1 is 1.05 bits per heavy atom. The van der Waals surface area contributed by atoms with E-state index < -0.39 is 11.7 Å². The fourth-order valence-electron chi connectivity index (χ4n) is 2.32. The molecule has 0 bridgehead atoms. The Balaban J connectivity index is 2.41. The van der Waals surface area contributed by atoms with E-state index >= 15 is 0 Å². The lowest BCUT2D eigenvalue weighted by Crippen LogP contribution is -2.22. The number of alkyl halides is 3. The first-order valence-electron chi connectivity index (χ1n) is 7.69. The van der Waals surface area contributed by atoms with Gasteiger partial charge < -0.3 is 16.4 Å². The summed E-state index contributed by atoms with van der Waals surface area (Å²) in [7, 11) is 1.99. The van der Waals surface area contributed by atoms with Crippen LogP contribution in [0.2, 0.25) is 0 Å². The molecule has 22 heavy (non-hydrogen) atoms. The second kappa shape index (κ2) is 9.00. The van der Waals surface area contributed by atoms with Crippen molar-refractivity contribution in [1.82, 2.24) is 4.90 Å². The van der Waals surface area contributed by atoms with Gasteiger partial charge in [-0.2, -0.15) is 13.2 Å². The van der Waals surface area contributed by atoms with Gasteiger partial charge in [0.15, 0.2) is 0 Å². The zero-order valence-electron chi connectivity index (χ0n) is 13.1. The molecule has 0 radical (unpaired) electrons. The van der Waals surface area contributed by atoms with E-state index in [4.69, 9.17) is 11.5 Å². The third-order valence-corrected chi connectivity index (χ3v) is 3.70. The van der Waals surface area contributed by atoms with Gasteiger partial charge >= 0.3 is 6.18 Å². The molecular weight excluding hydrogens is 291 g/mol. The summed E-state index contributed by atoms with van der Waals surface area (Å²) in [5.74, 6) is 0. The van der Waals surface area contributed by atoms with Crippen molar-refractivity contribution in [3.63, 3.8) is 0 Å². The van der Waals surface area contributed by atoms with Crippen molar-refractivity contribution in [3.05, 3.63) is 29.3 Å². The van der Waals surface area contributed by atoms with Gasteiger partial charge in [-0.3, -0.25) is 0 Å². The Labute approximate surface area is 130 Å². The number of benzene rings is 1. The number of hydrogen-bond donors (Lipinski definition) is 2. The highest BCUT2D eigenvalue weighted by molar-refractivity contribution is 5.50. The number of anilines is 1. The lowest BCUT2D eigenvalue weighted by molar-refractivity contribution is -0.136. The highest BCUT2D eigenvalue weighted by Gasteiger charge is 2.32. The number of nitrogens with zero attached hydrogens (tertiary/aromatic N) is 1. The van der Waals surface area contributed by atoms with E-state index in [9.17, 15) is 13.2 Å². The molecule has 0 aliphatic carbocycles. The summed E-state index contributed by atoms with van der Waals surface area (Å²) in [4.78, 5) is 2.14. The fourth-order valence-corrected chi connectivity index (χ4v) is 2.32. The second-order valence-electron chi connectivity index (χ2n) is 5.68. The Kier molecular flexibility index (Phi) is 7.68. The minimum absolute atomic E-state index is 0.218. The zero-order chi connectivity index (χ0) is 16.6. The van der Waals surface area contributed by atoms with E-state index in [0.29, 0.717) is 12.0 Å². The Morgan fingerprint density at radius 3 is 2.36 bits per heavy atom. The second-order valence-corrected chi connectivity index (χ2v) is 5.68. The van der Waals surface area contributed by atoms with Gasteiger partial charge in [0.2, 0.25) is 0 Å². The first-order chi connectivity index (χ1) is 10.3. The molecule has 126 valence electrons. The highest BCUT2D eigenvalue weighted by atomic mass is 19.4. The summed E-state index contributed by atoms with van der Waals surface area (Å²) in [6.45, 7) is 2.41. The fraction of sp³-hybridized carbons (Fsp3) is 0.625. The summed E-state index contributed by atoms with van der Waals surface area (Å²) >= 11 is 0. The van der Waals surface area contributed by atoms with Gasteiger partial charge in [0, 0.05) is 12.2 Å². The first-order valence-corrected chi connectivity index (χ1v) is 7.69. The van der Waals surface area contributed by atoms with Crippen LogP contribution in [0.5, 0.6) is 0 Å². The smallest absolute Gasteiger partial charge is 0.398 e. The van der Waals surface area contributed by atoms with Crippen LogP contribution in [0.25, 0.3) is 0 Å².